The van der Waals surface area contributed by atoms with Crippen LogP contribution < -0.4 is 4.90 Å². The third kappa shape index (κ3) is 13.9. The molecule has 1 aliphatic carbocycles. The lowest BCUT2D eigenvalue weighted by atomic mass is 9.70. The van der Waals surface area contributed by atoms with Gasteiger partial charge in [0.25, 0.3) is 0 Å². The van der Waals surface area contributed by atoms with Gasteiger partial charge in [-0.3, -0.25) is 0 Å². The normalized spacial score (nSPS) is 13.0. The zero-order valence-electron chi connectivity index (χ0n) is 42.0. The van der Waals surface area contributed by atoms with E-state index >= 15 is 0 Å². The van der Waals surface area contributed by atoms with Crippen molar-refractivity contribution in [3.8, 4) is 21.7 Å². The van der Waals surface area contributed by atoms with E-state index in [1.165, 1.54) is 191 Å². The SMILES string of the molecule is CCCCCCCCCCC1(CCCCCCCCCC)c2cc(/C=C/c3ccc(-c4nc5ccccc5s4)cc3)ccc2-c2ccc(/C=C/c3ccc(N(CCCC)CCCC)cc3)cc21. The Kier molecular flexibility index (Phi) is 20.0. The van der Waals surface area contributed by atoms with Crippen LogP contribution in [0.3, 0.4) is 0 Å². The Morgan fingerprint density at radius 1 is 0.448 bits per heavy atom. The number of nitrogens with zero attached hydrogens (tertiary/aromatic N) is 2. The van der Waals surface area contributed by atoms with E-state index in [0.29, 0.717) is 0 Å². The van der Waals surface area contributed by atoms with Crippen molar-refractivity contribution in [1.82, 2.24) is 4.98 Å². The number of benzene rings is 5. The molecule has 0 saturated carbocycles. The highest BCUT2D eigenvalue weighted by Gasteiger charge is 2.42. The third-order valence-electron chi connectivity index (χ3n) is 14.5. The zero-order valence-corrected chi connectivity index (χ0v) is 42.8. The van der Waals surface area contributed by atoms with Gasteiger partial charge in [0.1, 0.15) is 5.01 Å². The van der Waals surface area contributed by atoms with Crippen LogP contribution in [0.4, 0.5) is 5.69 Å². The zero-order chi connectivity index (χ0) is 46.5. The molecule has 0 radical (unpaired) electrons. The molecule has 0 atom stereocenters. The fourth-order valence-corrected chi connectivity index (χ4v) is 11.5. The molecule has 7 rings (SSSR count). The van der Waals surface area contributed by atoms with Crippen LogP contribution >= 0.6 is 11.3 Å². The van der Waals surface area contributed by atoms with Gasteiger partial charge in [-0.15, -0.1) is 11.3 Å². The van der Waals surface area contributed by atoms with Crippen LogP contribution in [0.25, 0.3) is 56.2 Å². The quantitative estimate of drug-likeness (QED) is 0.0331. The molecule has 67 heavy (non-hydrogen) atoms. The number of hydrogen-bond donors (Lipinski definition) is 0. The topological polar surface area (TPSA) is 16.1 Å². The van der Waals surface area contributed by atoms with Gasteiger partial charge in [-0.05, 0) is 94.5 Å². The van der Waals surface area contributed by atoms with Crippen molar-refractivity contribution in [2.24, 2.45) is 0 Å². The summed E-state index contributed by atoms with van der Waals surface area (Å²) in [6, 6.07) is 41.5. The maximum absolute atomic E-state index is 4.91. The first-order valence-corrected chi connectivity index (χ1v) is 27.8. The first-order valence-electron chi connectivity index (χ1n) is 27.0. The van der Waals surface area contributed by atoms with E-state index in [4.69, 9.17) is 4.98 Å². The third-order valence-corrected chi connectivity index (χ3v) is 15.6. The van der Waals surface area contributed by atoms with Crippen LogP contribution in [-0.2, 0) is 5.41 Å². The van der Waals surface area contributed by atoms with Gasteiger partial charge in [-0.25, -0.2) is 4.98 Å². The van der Waals surface area contributed by atoms with E-state index in [-0.39, 0.29) is 5.41 Å². The van der Waals surface area contributed by atoms with Crippen molar-refractivity contribution in [3.05, 3.63) is 143 Å². The number of hydrogen-bond acceptors (Lipinski definition) is 3. The molecule has 1 aromatic heterocycles. The summed E-state index contributed by atoms with van der Waals surface area (Å²) in [5.74, 6) is 0. The van der Waals surface area contributed by atoms with Crippen LogP contribution in [0, 0.1) is 0 Å². The molecule has 1 aliphatic rings. The van der Waals surface area contributed by atoms with E-state index in [9.17, 15) is 0 Å². The number of anilines is 1. The van der Waals surface area contributed by atoms with E-state index in [1.807, 2.05) is 0 Å². The number of fused-ring (bicyclic) bond motifs is 4. The highest BCUT2D eigenvalue weighted by atomic mass is 32.1. The summed E-state index contributed by atoms with van der Waals surface area (Å²) in [5, 5.41) is 1.08. The molecule has 0 saturated heterocycles. The molecule has 5 aromatic carbocycles. The van der Waals surface area contributed by atoms with Crippen molar-refractivity contribution in [2.75, 3.05) is 18.0 Å². The fraction of sp³-hybridized carbons (Fsp3) is 0.453. The van der Waals surface area contributed by atoms with Crippen molar-refractivity contribution in [1.29, 1.82) is 0 Å². The van der Waals surface area contributed by atoms with Crippen molar-refractivity contribution >= 4 is 51.5 Å². The Morgan fingerprint density at radius 3 is 1.37 bits per heavy atom. The van der Waals surface area contributed by atoms with Crippen LogP contribution in [0.2, 0.25) is 0 Å². The summed E-state index contributed by atoms with van der Waals surface area (Å²) in [6.45, 7) is 11.5. The molecule has 0 amide bonds. The number of rotatable bonds is 30. The Balaban J connectivity index is 1.16. The monoisotopic (exact) mass is 911 g/mol. The Hall–Kier alpha value is -4.73. The second-order valence-corrected chi connectivity index (χ2v) is 20.7. The maximum Gasteiger partial charge on any atom is 0.124 e. The molecule has 0 aliphatic heterocycles. The largest absolute Gasteiger partial charge is 0.372 e. The average Bonchev–Trinajstić information content (AvgIpc) is 3.92. The summed E-state index contributed by atoms with van der Waals surface area (Å²) in [4.78, 5) is 7.50. The van der Waals surface area contributed by atoms with Gasteiger partial charge in [0.15, 0.2) is 0 Å². The van der Waals surface area contributed by atoms with Crippen molar-refractivity contribution in [2.45, 2.75) is 174 Å². The predicted octanol–water partition coefficient (Wildman–Crippen LogP) is 20.0. The van der Waals surface area contributed by atoms with E-state index in [1.54, 1.807) is 22.5 Å². The molecule has 0 unspecified atom stereocenters. The summed E-state index contributed by atoms with van der Waals surface area (Å²) in [7, 11) is 0. The van der Waals surface area contributed by atoms with Gasteiger partial charge in [-0.2, -0.15) is 0 Å². The van der Waals surface area contributed by atoms with Gasteiger partial charge in [-0.1, -0.05) is 253 Å². The summed E-state index contributed by atoms with van der Waals surface area (Å²) < 4.78 is 1.24. The van der Waals surface area contributed by atoms with Crippen LogP contribution in [0.1, 0.15) is 202 Å². The fourth-order valence-electron chi connectivity index (χ4n) is 10.5. The second kappa shape index (κ2) is 26.7. The Bertz CT molecular complexity index is 2370. The van der Waals surface area contributed by atoms with Gasteiger partial charge in [0.2, 0.25) is 0 Å². The highest BCUT2D eigenvalue weighted by molar-refractivity contribution is 7.21. The first-order chi connectivity index (χ1) is 33.0. The molecule has 6 aromatic rings. The number of para-hydroxylation sites is 1. The molecule has 3 heteroatoms. The Morgan fingerprint density at radius 2 is 0.881 bits per heavy atom. The van der Waals surface area contributed by atoms with Gasteiger partial charge < -0.3 is 4.90 Å². The molecule has 0 spiro atoms. The molecule has 2 nitrogen and oxygen atoms in total. The van der Waals surface area contributed by atoms with Crippen LogP contribution in [-0.4, -0.2) is 18.1 Å². The van der Waals surface area contributed by atoms with Crippen LogP contribution in [0.5, 0.6) is 0 Å². The molecular formula is C64H82N2S. The van der Waals surface area contributed by atoms with Gasteiger partial charge >= 0.3 is 0 Å². The lowest BCUT2D eigenvalue weighted by Gasteiger charge is -2.33. The number of thiazole rings is 1. The summed E-state index contributed by atoms with van der Waals surface area (Å²) >= 11 is 1.77. The summed E-state index contributed by atoms with van der Waals surface area (Å²) in [5.41, 5.74) is 14.8. The first kappa shape index (κ1) is 50.2. The van der Waals surface area contributed by atoms with E-state index in [0.717, 1.165) is 23.6 Å². The van der Waals surface area contributed by atoms with Gasteiger partial charge in [0, 0.05) is 29.8 Å². The minimum absolute atomic E-state index is 0.0176. The molecule has 0 fully saturated rings. The molecule has 354 valence electrons. The van der Waals surface area contributed by atoms with E-state index < -0.39 is 0 Å². The Labute approximate surface area is 411 Å². The lowest BCUT2D eigenvalue weighted by molar-refractivity contribution is 0.397. The smallest absolute Gasteiger partial charge is 0.124 e. The highest BCUT2D eigenvalue weighted by Crippen LogP contribution is 2.55. The summed E-state index contributed by atoms with van der Waals surface area (Å²) in [6.07, 6.45) is 38.4. The average molecular weight is 911 g/mol. The van der Waals surface area contributed by atoms with Crippen molar-refractivity contribution < 1.29 is 0 Å². The molecular weight excluding hydrogens is 829 g/mol. The lowest BCUT2D eigenvalue weighted by Crippen LogP contribution is -2.25. The molecule has 0 N–H and O–H groups in total. The minimum Gasteiger partial charge on any atom is -0.372 e. The maximum atomic E-state index is 4.91. The number of unbranched alkanes of at least 4 members (excludes halogenated alkanes) is 16. The molecule has 0 bridgehead atoms. The van der Waals surface area contributed by atoms with Gasteiger partial charge in [0.05, 0.1) is 10.2 Å². The van der Waals surface area contributed by atoms with Crippen LogP contribution in [0.15, 0.2) is 109 Å². The molecule has 1 heterocycles. The second-order valence-electron chi connectivity index (χ2n) is 19.7. The van der Waals surface area contributed by atoms with Crippen molar-refractivity contribution in [3.63, 3.8) is 0 Å². The van der Waals surface area contributed by atoms with E-state index in [2.05, 4.69) is 166 Å². The predicted molar refractivity (Wildman–Crippen MR) is 298 cm³/mol. The minimum atomic E-state index is 0.0176. The standard InChI is InChI=1S/C64H82N2S/c1-5-9-13-15-17-19-21-25-45-64(46-26-22-20-18-16-14-10-6-2)59-49-53(31-29-51-33-39-55(40-34-51)63-65-61-27-23-24-28-62(61)67-63)37-43-57(59)58-44-38-54(50-60(58)64)32-30-52-35-41-56(42-36-52)66(47-11-7-3)48-12-8-4/h23-24,27-44,49-50H,5-22,25-26,45-48H2,1-4H3/b31-29+,32-30+. The number of aromatic nitrogens is 1.